The van der Waals surface area contributed by atoms with Crippen LogP contribution >= 0.6 is 0 Å². The predicted molar refractivity (Wildman–Crippen MR) is 123 cm³/mol. The molecule has 0 saturated carbocycles. The van der Waals surface area contributed by atoms with Crippen LogP contribution in [-0.4, -0.2) is 39.4 Å². The molecule has 1 aliphatic heterocycles. The largest absolute Gasteiger partial charge is 0.342 e. The number of aromatic nitrogens is 2. The van der Waals surface area contributed by atoms with Crippen molar-refractivity contribution < 1.29 is 14.0 Å². The molecule has 0 bridgehead atoms. The molecule has 7 heteroatoms. The third-order valence-corrected chi connectivity index (χ3v) is 6.21. The number of piperidine rings is 1. The second-order valence-electron chi connectivity index (χ2n) is 8.57. The van der Waals surface area contributed by atoms with Gasteiger partial charge in [-0.1, -0.05) is 12.1 Å². The minimum Gasteiger partial charge on any atom is -0.342 e. The fourth-order valence-electron chi connectivity index (χ4n) is 4.41. The third kappa shape index (κ3) is 5.33. The summed E-state index contributed by atoms with van der Waals surface area (Å²) >= 11 is 0. The van der Waals surface area contributed by atoms with Crippen LogP contribution in [0.1, 0.15) is 37.7 Å². The smallest absolute Gasteiger partial charge is 0.224 e. The van der Waals surface area contributed by atoms with Crippen molar-refractivity contribution in [1.29, 1.82) is 0 Å². The number of carbonyl (C=O) groups is 2. The Morgan fingerprint density at radius 2 is 2.03 bits per heavy atom. The molecule has 1 atom stereocenters. The number of aryl methyl sites for hydroxylation is 2. The van der Waals surface area contributed by atoms with Gasteiger partial charge in [0, 0.05) is 38.2 Å². The molecule has 168 valence electrons. The summed E-state index contributed by atoms with van der Waals surface area (Å²) < 4.78 is 15.3. The fraction of sp³-hybridized carbons (Fsp3) is 0.400. The molecule has 1 N–H and O–H groups in total. The van der Waals surface area contributed by atoms with Crippen LogP contribution < -0.4 is 5.32 Å². The van der Waals surface area contributed by atoms with Gasteiger partial charge in [-0.2, -0.15) is 0 Å². The quantitative estimate of drug-likeness (QED) is 0.592. The number of nitrogens with one attached hydrogen (secondary N) is 1. The number of anilines is 1. The molecule has 2 amide bonds. The Kier molecular flexibility index (Phi) is 6.83. The Hall–Kier alpha value is -3.22. The Morgan fingerprint density at radius 1 is 1.19 bits per heavy atom. The molecule has 32 heavy (non-hydrogen) atoms. The number of halogens is 1. The average Bonchev–Trinajstić information content (AvgIpc) is 3.21. The maximum absolute atomic E-state index is 13.2. The van der Waals surface area contributed by atoms with Crippen molar-refractivity contribution in [1.82, 2.24) is 14.5 Å². The highest BCUT2D eigenvalue weighted by molar-refractivity contribution is 5.91. The lowest BCUT2D eigenvalue weighted by Crippen LogP contribution is -2.40. The van der Waals surface area contributed by atoms with E-state index in [1.165, 1.54) is 12.1 Å². The normalized spacial score (nSPS) is 16.3. The molecule has 1 aliphatic rings. The highest BCUT2D eigenvalue weighted by Crippen LogP contribution is 2.23. The van der Waals surface area contributed by atoms with Crippen LogP contribution in [0.3, 0.4) is 0 Å². The van der Waals surface area contributed by atoms with E-state index in [9.17, 15) is 14.0 Å². The predicted octanol–water partition coefficient (Wildman–Crippen LogP) is 4.53. The van der Waals surface area contributed by atoms with Crippen LogP contribution in [0.15, 0.2) is 48.8 Å². The SMILES string of the molecule is Cc1cc(F)ccc1NC(=O)CCC1CCCN(C(=O)CCn2cnc3ccccc32)C1. The average molecular weight is 437 g/mol. The van der Waals surface area contributed by atoms with Crippen LogP contribution in [0, 0.1) is 18.7 Å². The van der Waals surface area contributed by atoms with Gasteiger partial charge in [-0.15, -0.1) is 0 Å². The van der Waals surface area contributed by atoms with E-state index >= 15 is 0 Å². The summed E-state index contributed by atoms with van der Waals surface area (Å²) in [7, 11) is 0. The Bertz CT molecular complexity index is 1110. The summed E-state index contributed by atoms with van der Waals surface area (Å²) in [6.07, 6.45) is 5.35. The number of carbonyl (C=O) groups excluding carboxylic acids is 2. The minimum absolute atomic E-state index is 0.0739. The highest BCUT2D eigenvalue weighted by atomic mass is 19.1. The molecule has 1 unspecified atom stereocenters. The molecule has 1 saturated heterocycles. The first-order chi connectivity index (χ1) is 15.5. The second-order valence-corrected chi connectivity index (χ2v) is 8.57. The molecular weight excluding hydrogens is 407 g/mol. The summed E-state index contributed by atoms with van der Waals surface area (Å²) in [4.78, 5) is 31.5. The van der Waals surface area contributed by atoms with Crippen LogP contribution in [0.2, 0.25) is 0 Å². The van der Waals surface area contributed by atoms with Crippen LogP contribution in [0.25, 0.3) is 11.0 Å². The van der Waals surface area contributed by atoms with Crippen LogP contribution in [-0.2, 0) is 16.1 Å². The monoisotopic (exact) mass is 436 g/mol. The number of likely N-dealkylation sites (tertiary alicyclic amines) is 1. The number of imidazole rings is 1. The van der Waals surface area contributed by atoms with Gasteiger partial charge < -0.3 is 14.8 Å². The van der Waals surface area contributed by atoms with E-state index in [1.807, 2.05) is 33.7 Å². The molecule has 6 nitrogen and oxygen atoms in total. The first-order valence-corrected chi connectivity index (χ1v) is 11.2. The van der Waals surface area contributed by atoms with Crippen LogP contribution in [0.4, 0.5) is 10.1 Å². The van der Waals surface area contributed by atoms with Gasteiger partial charge in [0.1, 0.15) is 5.82 Å². The summed E-state index contributed by atoms with van der Waals surface area (Å²) in [5, 5.41) is 2.87. The topological polar surface area (TPSA) is 67.2 Å². The molecule has 0 radical (unpaired) electrons. The zero-order chi connectivity index (χ0) is 22.5. The van der Waals surface area contributed by atoms with E-state index in [2.05, 4.69) is 10.3 Å². The van der Waals surface area contributed by atoms with E-state index < -0.39 is 0 Å². The van der Waals surface area contributed by atoms with Gasteiger partial charge in [0.2, 0.25) is 11.8 Å². The Balaban J connectivity index is 1.24. The molecule has 2 aromatic carbocycles. The lowest BCUT2D eigenvalue weighted by Gasteiger charge is -2.33. The fourth-order valence-corrected chi connectivity index (χ4v) is 4.41. The van der Waals surface area contributed by atoms with Crippen molar-refractivity contribution in [2.75, 3.05) is 18.4 Å². The number of para-hydroxylation sites is 2. The van der Waals surface area contributed by atoms with Gasteiger partial charge in [-0.05, 0) is 68.0 Å². The number of hydrogen-bond acceptors (Lipinski definition) is 3. The van der Waals surface area contributed by atoms with Crippen molar-refractivity contribution in [2.45, 2.75) is 45.6 Å². The van der Waals surface area contributed by atoms with Crippen LogP contribution in [0.5, 0.6) is 0 Å². The molecule has 0 spiro atoms. The first-order valence-electron chi connectivity index (χ1n) is 11.2. The van der Waals surface area contributed by atoms with Crippen molar-refractivity contribution in [2.24, 2.45) is 5.92 Å². The summed E-state index contributed by atoms with van der Waals surface area (Å²) in [6, 6.07) is 12.3. The lowest BCUT2D eigenvalue weighted by molar-refractivity contribution is -0.133. The van der Waals surface area contributed by atoms with Crippen molar-refractivity contribution in [3.8, 4) is 0 Å². The molecule has 1 fully saturated rings. The number of fused-ring (bicyclic) bond motifs is 1. The number of nitrogens with zero attached hydrogens (tertiary/aromatic N) is 3. The van der Waals surface area contributed by atoms with E-state index in [4.69, 9.17) is 0 Å². The van der Waals surface area contributed by atoms with E-state index in [0.29, 0.717) is 43.1 Å². The maximum atomic E-state index is 13.2. The number of hydrogen-bond donors (Lipinski definition) is 1. The molecule has 2 heterocycles. The highest BCUT2D eigenvalue weighted by Gasteiger charge is 2.24. The van der Waals surface area contributed by atoms with Gasteiger partial charge in [0.25, 0.3) is 0 Å². The van der Waals surface area contributed by atoms with Crippen molar-refractivity contribution in [3.05, 3.63) is 60.2 Å². The van der Waals surface area contributed by atoms with Gasteiger partial charge in [-0.25, -0.2) is 9.37 Å². The molecule has 4 rings (SSSR count). The minimum atomic E-state index is -0.311. The van der Waals surface area contributed by atoms with Gasteiger partial charge in [0.05, 0.1) is 17.4 Å². The van der Waals surface area contributed by atoms with E-state index in [0.717, 1.165) is 36.8 Å². The molecule has 1 aromatic heterocycles. The number of benzene rings is 2. The second kappa shape index (κ2) is 9.94. The molecular formula is C25H29FN4O2. The number of amides is 2. The summed E-state index contributed by atoms with van der Waals surface area (Å²) in [5.74, 6) is 0.0875. The van der Waals surface area contributed by atoms with E-state index in [1.54, 1.807) is 19.3 Å². The van der Waals surface area contributed by atoms with Crippen molar-refractivity contribution in [3.63, 3.8) is 0 Å². The zero-order valence-corrected chi connectivity index (χ0v) is 18.4. The van der Waals surface area contributed by atoms with Gasteiger partial charge >= 0.3 is 0 Å². The first kappa shape index (κ1) is 22.0. The third-order valence-electron chi connectivity index (χ3n) is 6.21. The standard InChI is InChI=1S/C25H29FN4O2/c1-18-15-20(26)9-10-21(18)28-24(31)11-8-19-5-4-13-29(16-19)25(32)12-14-30-17-27-22-6-2-3-7-23(22)30/h2-3,6-7,9-10,15,17,19H,4-5,8,11-14,16H2,1H3,(H,28,31). The lowest BCUT2D eigenvalue weighted by atomic mass is 9.93. The molecule has 0 aliphatic carbocycles. The summed E-state index contributed by atoms with van der Waals surface area (Å²) in [5.41, 5.74) is 3.33. The zero-order valence-electron chi connectivity index (χ0n) is 18.4. The molecule has 3 aromatic rings. The maximum Gasteiger partial charge on any atom is 0.224 e. The van der Waals surface area contributed by atoms with Gasteiger partial charge in [-0.3, -0.25) is 9.59 Å². The van der Waals surface area contributed by atoms with Crippen molar-refractivity contribution >= 4 is 28.5 Å². The Morgan fingerprint density at radius 3 is 2.88 bits per heavy atom. The number of rotatable bonds is 7. The van der Waals surface area contributed by atoms with E-state index in [-0.39, 0.29) is 17.6 Å². The van der Waals surface area contributed by atoms with Gasteiger partial charge in [0.15, 0.2) is 0 Å². The summed E-state index contributed by atoms with van der Waals surface area (Å²) in [6.45, 7) is 3.86. The Labute approximate surface area is 187 Å².